The van der Waals surface area contributed by atoms with Crippen molar-refractivity contribution in [1.29, 1.82) is 0 Å². The van der Waals surface area contributed by atoms with Crippen molar-refractivity contribution >= 4 is 38.9 Å². The summed E-state index contributed by atoms with van der Waals surface area (Å²) in [5.41, 5.74) is 0.256. The first kappa shape index (κ1) is 18.2. The van der Waals surface area contributed by atoms with Gasteiger partial charge in [-0.05, 0) is 17.7 Å². The fourth-order valence-electron chi connectivity index (χ4n) is 1.59. The Hall–Kier alpha value is -0.890. The number of halogens is 3. The van der Waals surface area contributed by atoms with Gasteiger partial charge in [0.15, 0.2) is 14.7 Å². The molecule has 9 heteroatoms. The molecule has 2 atom stereocenters. The normalized spacial score (nSPS) is 14.8. The largest absolute Gasteiger partial charge is 0.386 e. The highest BCUT2D eigenvalue weighted by atomic mass is 35.5. The Labute approximate surface area is 132 Å². The van der Waals surface area contributed by atoms with Crippen LogP contribution in [0.25, 0.3) is 0 Å². The molecule has 0 saturated heterocycles. The smallest absolute Gasteiger partial charge is 0.253 e. The zero-order chi connectivity index (χ0) is 16.2. The van der Waals surface area contributed by atoms with E-state index in [9.17, 15) is 22.7 Å². The number of hydrogen-bond acceptors (Lipinski definition) is 4. The summed E-state index contributed by atoms with van der Waals surface area (Å²) in [4.78, 5) is 10.00. The number of amides is 1. The van der Waals surface area contributed by atoms with Crippen LogP contribution >= 0.6 is 23.2 Å². The number of nitrogens with one attached hydrogen (secondary N) is 1. The fourth-order valence-corrected chi connectivity index (χ4v) is 2.35. The number of benzene rings is 1. The van der Waals surface area contributed by atoms with E-state index in [1.165, 1.54) is 24.3 Å². The van der Waals surface area contributed by atoms with Gasteiger partial charge in [-0.1, -0.05) is 35.3 Å². The summed E-state index contributed by atoms with van der Waals surface area (Å²) in [6.45, 7) is -1.04. The molecule has 0 bridgehead atoms. The molecule has 5 nitrogen and oxygen atoms in total. The highest BCUT2D eigenvalue weighted by molar-refractivity contribution is 7.90. The van der Waals surface area contributed by atoms with Crippen molar-refractivity contribution in [2.45, 2.75) is 21.9 Å². The molecule has 0 aliphatic heterocycles. The van der Waals surface area contributed by atoms with Crippen molar-refractivity contribution in [3.8, 4) is 0 Å². The van der Waals surface area contributed by atoms with Gasteiger partial charge >= 0.3 is 0 Å². The number of hydrogen-bond donors (Lipinski definition) is 2. The maximum absolute atomic E-state index is 12.9. The third-order valence-electron chi connectivity index (χ3n) is 2.72. The number of rotatable bonds is 6. The Kier molecular flexibility index (Phi) is 6.40. The predicted molar refractivity (Wildman–Crippen MR) is 77.9 cm³/mol. The Bertz CT molecular complexity index is 592. The first-order valence-electron chi connectivity index (χ1n) is 5.79. The van der Waals surface area contributed by atoms with Gasteiger partial charge in [0.05, 0.1) is 10.9 Å². The average molecular weight is 358 g/mol. The SMILES string of the molecule is CS(=O)(=O)c1ccc(C(O)[C@@H](CF)NC(=O)C(Cl)Cl)cc1. The van der Waals surface area contributed by atoms with Crippen molar-refractivity contribution in [2.24, 2.45) is 0 Å². The molecular weight excluding hydrogens is 344 g/mol. The summed E-state index contributed by atoms with van der Waals surface area (Å²) in [5.74, 6) is -0.826. The summed E-state index contributed by atoms with van der Waals surface area (Å²) in [6, 6.07) is 4.03. The van der Waals surface area contributed by atoms with Crippen LogP contribution in [-0.2, 0) is 14.6 Å². The van der Waals surface area contributed by atoms with Crippen LogP contribution in [-0.4, -0.2) is 43.2 Å². The summed E-state index contributed by atoms with van der Waals surface area (Å²) in [6.07, 6.45) is -0.316. The fraction of sp³-hybridized carbons (Fsp3) is 0.417. The van der Waals surface area contributed by atoms with Crippen LogP contribution in [0.1, 0.15) is 11.7 Å². The van der Waals surface area contributed by atoms with Gasteiger partial charge in [-0.15, -0.1) is 0 Å². The molecule has 1 aromatic rings. The third-order valence-corrected chi connectivity index (χ3v) is 4.25. The first-order valence-corrected chi connectivity index (χ1v) is 8.55. The van der Waals surface area contributed by atoms with Gasteiger partial charge in [0.1, 0.15) is 12.8 Å². The van der Waals surface area contributed by atoms with E-state index in [1.807, 2.05) is 0 Å². The Morgan fingerprint density at radius 2 is 1.86 bits per heavy atom. The topological polar surface area (TPSA) is 83.5 Å². The van der Waals surface area contributed by atoms with Crippen LogP contribution < -0.4 is 5.32 Å². The lowest BCUT2D eigenvalue weighted by molar-refractivity contribution is -0.121. The van der Waals surface area contributed by atoms with E-state index in [0.29, 0.717) is 0 Å². The molecule has 1 amide bonds. The van der Waals surface area contributed by atoms with E-state index < -0.39 is 39.4 Å². The highest BCUT2D eigenvalue weighted by Crippen LogP contribution is 2.20. The van der Waals surface area contributed by atoms with Gasteiger partial charge in [0.25, 0.3) is 5.91 Å². The van der Waals surface area contributed by atoms with Crippen LogP contribution in [0.2, 0.25) is 0 Å². The van der Waals surface area contributed by atoms with Gasteiger partial charge in [-0.3, -0.25) is 4.79 Å². The number of carbonyl (C=O) groups is 1. The molecule has 21 heavy (non-hydrogen) atoms. The lowest BCUT2D eigenvalue weighted by Gasteiger charge is -2.22. The van der Waals surface area contributed by atoms with E-state index in [1.54, 1.807) is 0 Å². The van der Waals surface area contributed by atoms with Crippen LogP contribution in [0, 0.1) is 0 Å². The molecule has 0 radical (unpaired) electrons. The van der Waals surface area contributed by atoms with Gasteiger partial charge in [-0.25, -0.2) is 12.8 Å². The maximum atomic E-state index is 12.9. The van der Waals surface area contributed by atoms with E-state index in [0.717, 1.165) is 6.26 Å². The van der Waals surface area contributed by atoms with Crippen LogP contribution in [0.3, 0.4) is 0 Å². The van der Waals surface area contributed by atoms with Crippen LogP contribution in [0.5, 0.6) is 0 Å². The van der Waals surface area contributed by atoms with Gasteiger partial charge in [0, 0.05) is 6.26 Å². The molecule has 0 aromatic heterocycles. The molecule has 0 saturated carbocycles. The average Bonchev–Trinajstić information content (AvgIpc) is 2.42. The zero-order valence-electron chi connectivity index (χ0n) is 11.0. The summed E-state index contributed by atoms with van der Waals surface area (Å²) in [7, 11) is -3.36. The molecule has 2 N–H and O–H groups in total. The molecule has 0 heterocycles. The van der Waals surface area contributed by atoms with E-state index in [-0.39, 0.29) is 10.5 Å². The second-order valence-electron chi connectivity index (χ2n) is 4.36. The minimum absolute atomic E-state index is 0.0702. The minimum Gasteiger partial charge on any atom is -0.386 e. The monoisotopic (exact) mass is 357 g/mol. The quantitative estimate of drug-likeness (QED) is 0.753. The highest BCUT2D eigenvalue weighted by Gasteiger charge is 2.25. The van der Waals surface area contributed by atoms with E-state index in [4.69, 9.17) is 23.2 Å². The molecule has 118 valence electrons. The molecule has 1 aromatic carbocycles. The molecule has 0 fully saturated rings. The first-order chi connectivity index (χ1) is 9.66. The molecule has 0 aliphatic rings. The summed E-state index contributed by atoms with van der Waals surface area (Å²) in [5, 5.41) is 12.2. The van der Waals surface area contributed by atoms with E-state index in [2.05, 4.69) is 5.32 Å². The lowest BCUT2D eigenvalue weighted by Crippen LogP contribution is -2.43. The van der Waals surface area contributed by atoms with Crippen molar-refractivity contribution in [3.05, 3.63) is 29.8 Å². The number of aliphatic hydroxyl groups is 1. The predicted octanol–water partition coefficient (Wildman–Crippen LogP) is 1.38. The zero-order valence-corrected chi connectivity index (χ0v) is 13.3. The van der Waals surface area contributed by atoms with E-state index >= 15 is 0 Å². The molecule has 1 unspecified atom stereocenters. The van der Waals surface area contributed by atoms with Crippen molar-refractivity contribution in [2.75, 3.05) is 12.9 Å². The molecule has 0 spiro atoms. The minimum atomic E-state index is -3.36. The Balaban J connectivity index is 2.90. The summed E-state index contributed by atoms with van der Waals surface area (Å²) < 4.78 is 35.6. The maximum Gasteiger partial charge on any atom is 0.253 e. The van der Waals surface area contributed by atoms with Gasteiger partial charge < -0.3 is 10.4 Å². The second kappa shape index (κ2) is 7.40. The second-order valence-corrected chi connectivity index (χ2v) is 7.47. The Morgan fingerprint density at radius 1 is 1.33 bits per heavy atom. The lowest BCUT2D eigenvalue weighted by atomic mass is 10.0. The number of alkyl halides is 3. The van der Waals surface area contributed by atoms with Crippen LogP contribution in [0.15, 0.2) is 29.2 Å². The number of carbonyl (C=O) groups excluding carboxylic acids is 1. The van der Waals surface area contributed by atoms with Crippen molar-refractivity contribution in [1.82, 2.24) is 5.32 Å². The number of aliphatic hydroxyl groups excluding tert-OH is 1. The third kappa shape index (κ3) is 5.10. The van der Waals surface area contributed by atoms with Crippen molar-refractivity contribution < 1.29 is 22.7 Å². The van der Waals surface area contributed by atoms with Gasteiger partial charge in [-0.2, -0.15) is 0 Å². The van der Waals surface area contributed by atoms with Crippen LogP contribution in [0.4, 0.5) is 4.39 Å². The number of sulfone groups is 1. The summed E-state index contributed by atoms with van der Waals surface area (Å²) >= 11 is 10.7. The molecule has 1 rings (SSSR count). The van der Waals surface area contributed by atoms with Gasteiger partial charge in [0.2, 0.25) is 0 Å². The standard InChI is InChI=1S/C12H14Cl2FNO4S/c1-21(19,20)8-4-2-7(3-5-8)10(17)9(6-15)16-12(18)11(13)14/h2-5,9-11,17H,6H2,1H3,(H,16,18)/t9-,10?/m1/s1. The molecule has 0 aliphatic carbocycles. The molecular formula is C12H14Cl2FNO4S. The Morgan fingerprint density at radius 3 is 2.24 bits per heavy atom. The van der Waals surface area contributed by atoms with Crippen molar-refractivity contribution in [3.63, 3.8) is 0 Å².